The molecule has 14 heavy (non-hydrogen) atoms. The Morgan fingerprint density at radius 3 is 2.50 bits per heavy atom. The van der Waals surface area contributed by atoms with Gasteiger partial charge in [0.2, 0.25) is 0 Å². The lowest BCUT2D eigenvalue weighted by Gasteiger charge is -2.12. The second-order valence-corrected chi connectivity index (χ2v) is 3.56. The summed E-state index contributed by atoms with van der Waals surface area (Å²) >= 11 is 17.2. The molecule has 1 aromatic rings. The van der Waals surface area contributed by atoms with Gasteiger partial charge < -0.3 is 10.8 Å². The summed E-state index contributed by atoms with van der Waals surface area (Å²) in [7, 11) is 0. The topological polar surface area (TPSA) is 59.1 Å². The van der Waals surface area contributed by atoms with E-state index in [1.807, 2.05) is 0 Å². The van der Waals surface area contributed by atoms with Crippen molar-refractivity contribution in [3.05, 3.63) is 27.0 Å². The third-order valence-corrected chi connectivity index (χ3v) is 2.60. The predicted octanol–water partition coefficient (Wildman–Crippen LogP) is 2.46. The Balaban J connectivity index is 0.00000169. The number of nitrogens with two attached hydrogens (primary N) is 1. The number of nitrogens with zero attached hydrogens (tertiary/aromatic N) is 1. The molecule has 1 rings (SSSR count). The van der Waals surface area contributed by atoms with Crippen molar-refractivity contribution in [3.8, 4) is 0 Å². The predicted molar refractivity (Wildman–Crippen MR) is 60.5 cm³/mol. The quantitative estimate of drug-likeness (QED) is 0.817. The average molecular weight is 278 g/mol. The summed E-state index contributed by atoms with van der Waals surface area (Å²) < 4.78 is 0. The van der Waals surface area contributed by atoms with Gasteiger partial charge in [-0.2, -0.15) is 0 Å². The summed E-state index contributed by atoms with van der Waals surface area (Å²) in [5.74, 6) is 0. The monoisotopic (exact) mass is 276 g/mol. The molecule has 0 aliphatic heterocycles. The zero-order valence-electron chi connectivity index (χ0n) is 6.88. The second-order valence-electron chi connectivity index (χ2n) is 2.41. The third-order valence-electron chi connectivity index (χ3n) is 1.53. The molecule has 0 unspecified atom stereocenters. The molecular formula is C7H8Cl4N2O. The smallest absolute Gasteiger partial charge is 0.148 e. The van der Waals surface area contributed by atoms with Crippen LogP contribution < -0.4 is 5.73 Å². The summed E-state index contributed by atoms with van der Waals surface area (Å²) in [6.07, 6.45) is 1.35. The largest absolute Gasteiger partial charge is 0.394 e. The van der Waals surface area contributed by atoms with E-state index < -0.39 is 6.04 Å². The van der Waals surface area contributed by atoms with Crippen molar-refractivity contribution < 1.29 is 5.11 Å². The van der Waals surface area contributed by atoms with E-state index in [0.717, 1.165) is 0 Å². The van der Waals surface area contributed by atoms with Crippen LogP contribution in [0.4, 0.5) is 0 Å². The molecule has 80 valence electrons. The molecule has 0 aliphatic carbocycles. The first kappa shape index (κ1) is 14.2. The van der Waals surface area contributed by atoms with Gasteiger partial charge in [-0.1, -0.05) is 34.8 Å². The van der Waals surface area contributed by atoms with E-state index in [4.69, 9.17) is 45.6 Å². The van der Waals surface area contributed by atoms with Crippen molar-refractivity contribution in [2.75, 3.05) is 6.61 Å². The van der Waals surface area contributed by atoms with E-state index in [1.165, 1.54) is 6.20 Å². The highest BCUT2D eigenvalue weighted by molar-refractivity contribution is 6.43. The number of aliphatic hydroxyl groups excluding tert-OH is 1. The third kappa shape index (κ3) is 2.86. The summed E-state index contributed by atoms with van der Waals surface area (Å²) in [6.45, 7) is -0.250. The minimum Gasteiger partial charge on any atom is -0.394 e. The van der Waals surface area contributed by atoms with E-state index >= 15 is 0 Å². The molecule has 1 atom stereocenters. The van der Waals surface area contributed by atoms with Gasteiger partial charge in [-0.05, 0) is 0 Å². The Labute approximate surface area is 103 Å². The standard InChI is InChI=1S/C7H7Cl3N2O.ClH/c8-3-1-12-7(10)6(9)5(3)4(11)2-13;/h1,4,13H,2,11H2;1H/t4-;/m0./s1. The van der Waals surface area contributed by atoms with Gasteiger partial charge in [0, 0.05) is 11.8 Å². The molecule has 1 aromatic heterocycles. The number of rotatable bonds is 2. The first-order chi connectivity index (χ1) is 6.07. The van der Waals surface area contributed by atoms with E-state index in [1.54, 1.807) is 0 Å². The second kappa shape index (κ2) is 5.95. The van der Waals surface area contributed by atoms with Gasteiger partial charge >= 0.3 is 0 Å². The number of hydrogen-bond donors (Lipinski definition) is 2. The van der Waals surface area contributed by atoms with Crippen LogP contribution in [0.25, 0.3) is 0 Å². The molecule has 3 N–H and O–H groups in total. The number of aliphatic hydroxyl groups is 1. The molecule has 3 nitrogen and oxygen atoms in total. The van der Waals surface area contributed by atoms with Gasteiger partial charge in [-0.3, -0.25) is 0 Å². The number of hydrogen-bond acceptors (Lipinski definition) is 3. The molecule has 0 saturated carbocycles. The Bertz CT molecular complexity index is 321. The van der Waals surface area contributed by atoms with E-state index in [9.17, 15) is 0 Å². The maximum absolute atomic E-state index is 8.82. The Morgan fingerprint density at radius 1 is 1.43 bits per heavy atom. The molecule has 0 spiro atoms. The zero-order valence-corrected chi connectivity index (χ0v) is 9.96. The lowest BCUT2D eigenvalue weighted by molar-refractivity contribution is 0.268. The molecule has 0 aromatic carbocycles. The highest BCUT2D eigenvalue weighted by Gasteiger charge is 2.16. The molecule has 1 heterocycles. The van der Waals surface area contributed by atoms with Gasteiger partial charge in [0.25, 0.3) is 0 Å². The van der Waals surface area contributed by atoms with Crippen molar-refractivity contribution in [1.29, 1.82) is 0 Å². The first-order valence-electron chi connectivity index (χ1n) is 3.43. The Hall–Kier alpha value is 0.230. The van der Waals surface area contributed by atoms with E-state index in [2.05, 4.69) is 4.98 Å². The lowest BCUT2D eigenvalue weighted by atomic mass is 10.1. The fourth-order valence-corrected chi connectivity index (χ4v) is 1.66. The lowest BCUT2D eigenvalue weighted by Crippen LogP contribution is -2.15. The van der Waals surface area contributed by atoms with Crippen LogP contribution in [0.1, 0.15) is 11.6 Å². The summed E-state index contributed by atoms with van der Waals surface area (Å²) in [4.78, 5) is 3.72. The molecule has 0 radical (unpaired) electrons. The van der Waals surface area contributed by atoms with E-state index in [0.29, 0.717) is 10.6 Å². The molecule has 0 bridgehead atoms. The van der Waals surface area contributed by atoms with Crippen molar-refractivity contribution in [2.45, 2.75) is 6.04 Å². The van der Waals surface area contributed by atoms with Gasteiger partial charge in [0.05, 0.1) is 22.7 Å². The van der Waals surface area contributed by atoms with Crippen LogP contribution in [0.5, 0.6) is 0 Å². The van der Waals surface area contributed by atoms with Crippen LogP contribution in [-0.4, -0.2) is 16.7 Å². The van der Waals surface area contributed by atoms with Crippen LogP contribution in [0.2, 0.25) is 15.2 Å². The maximum Gasteiger partial charge on any atom is 0.148 e. The summed E-state index contributed by atoms with van der Waals surface area (Å²) in [6, 6.07) is -0.638. The fraction of sp³-hybridized carbons (Fsp3) is 0.286. The van der Waals surface area contributed by atoms with Crippen LogP contribution in [0.3, 0.4) is 0 Å². The van der Waals surface area contributed by atoms with Crippen molar-refractivity contribution in [1.82, 2.24) is 4.98 Å². The molecule has 0 saturated heterocycles. The van der Waals surface area contributed by atoms with Crippen molar-refractivity contribution in [2.24, 2.45) is 5.73 Å². The van der Waals surface area contributed by atoms with Crippen LogP contribution >= 0.6 is 47.2 Å². The Morgan fingerprint density at radius 2 is 2.00 bits per heavy atom. The number of pyridine rings is 1. The minimum absolute atomic E-state index is 0. The van der Waals surface area contributed by atoms with Gasteiger partial charge in [0.1, 0.15) is 5.15 Å². The van der Waals surface area contributed by atoms with Gasteiger partial charge in [-0.25, -0.2) is 4.98 Å². The average Bonchev–Trinajstić information content (AvgIpc) is 2.12. The van der Waals surface area contributed by atoms with Gasteiger partial charge in [-0.15, -0.1) is 12.4 Å². The fourth-order valence-electron chi connectivity index (χ4n) is 0.887. The molecule has 0 fully saturated rings. The maximum atomic E-state index is 8.82. The van der Waals surface area contributed by atoms with Crippen molar-refractivity contribution >= 4 is 47.2 Å². The van der Waals surface area contributed by atoms with Crippen LogP contribution in [0, 0.1) is 0 Å². The number of aromatic nitrogens is 1. The summed E-state index contributed by atoms with van der Waals surface area (Å²) in [5, 5.41) is 9.44. The minimum atomic E-state index is -0.638. The normalized spacial score (nSPS) is 12.1. The molecule has 0 amide bonds. The zero-order chi connectivity index (χ0) is 10.0. The molecule has 7 heteroatoms. The number of halogens is 4. The van der Waals surface area contributed by atoms with Gasteiger partial charge in [0.15, 0.2) is 0 Å². The molecule has 0 aliphatic rings. The SMILES string of the molecule is Cl.N[C@@H](CO)c1c(Cl)cnc(Cl)c1Cl. The first-order valence-corrected chi connectivity index (χ1v) is 4.57. The van der Waals surface area contributed by atoms with Crippen molar-refractivity contribution in [3.63, 3.8) is 0 Å². The Kier molecular flexibility index (Phi) is 6.05. The van der Waals surface area contributed by atoms with Crippen LogP contribution in [0.15, 0.2) is 6.20 Å². The highest BCUT2D eigenvalue weighted by Crippen LogP contribution is 2.32. The highest BCUT2D eigenvalue weighted by atomic mass is 35.5. The molecular weight excluding hydrogens is 270 g/mol. The van der Waals surface area contributed by atoms with E-state index in [-0.39, 0.29) is 29.2 Å². The van der Waals surface area contributed by atoms with Crippen LogP contribution in [-0.2, 0) is 0 Å². The summed E-state index contributed by atoms with van der Waals surface area (Å²) in [5.41, 5.74) is 5.98.